The number of ketones is 1. The van der Waals surface area contributed by atoms with Gasteiger partial charge in [-0.25, -0.2) is 0 Å². The standard InChI is InChI=1S/C15H20O4/c1-4-18-15(17)10-12(3)19-14-7-5-13(6-8-14)9-11(2)16/h5-8,12H,4,9-10H2,1-3H3. The molecule has 1 rings (SSSR count). The Balaban J connectivity index is 2.48. The first-order valence-electron chi connectivity index (χ1n) is 6.42. The summed E-state index contributed by atoms with van der Waals surface area (Å²) in [4.78, 5) is 22.3. The van der Waals surface area contributed by atoms with Gasteiger partial charge in [0.1, 0.15) is 17.6 Å². The number of Topliss-reactive ketones (excluding diaryl/α,β-unsaturated/α-hetero) is 1. The van der Waals surface area contributed by atoms with E-state index in [0.717, 1.165) is 5.56 Å². The van der Waals surface area contributed by atoms with Gasteiger partial charge in [0.2, 0.25) is 0 Å². The molecule has 4 heteroatoms. The van der Waals surface area contributed by atoms with Gasteiger partial charge in [-0.05, 0) is 38.5 Å². The molecule has 1 aromatic carbocycles. The molecule has 104 valence electrons. The van der Waals surface area contributed by atoms with Crippen LogP contribution in [0.4, 0.5) is 0 Å². The van der Waals surface area contributed by atoms with Crippen molar-refractivity contribution >= 4 is 11.8 Å². The first-order valence-corrected chi connectivity index (χ1v) is 6.42. The fourth-order valence-corrected chi connectivity index (χ4v) is 1.70. The van der Waals surface area contributed by atoms with Crippen LogP contribution in [0.2, 0.25) is 0 Å². The Labute approximate surface area is 113 Å². The van der Waals surface area contributed by atoms with Crippen LogP contribution in [0, 0.1) is 0 Å². The van der Waals surface area contributed by atoms with Crippen LogP contribution in [-0.2, 0) is 20.7 Å². The maximum Gasteiger partial charge on any atom is 0.309 e. The van der Waals surface area contributed by atoms with Gasteiger partial charge < -0.3 is 9.47 Å². The van der Waals surface area contributed by atoms with E-state index in [1.807, 2.05) is 19.1 Å². The van der Waals surface area contributed by atoms with Gasteiger partial charge in [-0.2, -0.15) is 0 Å². The maximum absolute atomic E-state index is 11.3. The minimum absolute atomic E-state index is 0.129. The van der Waals surface area contributed by atoms with Crippen LogP contribution >= 0.6 is 0 Å². The van der Waals surface area contributed by atoms with Crippen LogP contribution in [0.5, 0.6) is 5.75 Å². The van der Waals surface area contributed by atoms with Crippen molar-refractivity contribution < 1.29 is 19.1 Å². The fraction of sp³-hybridized carbons (Fsp3) is 0.467. The van der Waals surface area contributed by atoms with Crippen LogP contribution in [0.15, 0.2) is 24.3 Å². The molecule has 0 radical (unpaired) electrons. The average Bonchev–Trinajstić information content (AvgIpc) is 2.31. The average molecular weight is 264 g/mol. The highest BCUT2D eigenvalue weighted by atomic mass is 16.5. The van der Waals surface area contributed by atoms with E-state index in [4.69, 9.17) is 9.47 Å². The van der Waals surface area contributed by atoms with E-state index >= 15 is 0 Å². The summed E-state index contributed by atoms with van der Waals surface area (Å²) >= 11 is 0. The number of benzene rings is 1. The zero-order valence-corrected chi connectivity index (χ0v) is 11.6. The van der Waals surface area contributed by atoms with E-state index in [9.17, 15) is 9.59 Å². The lowest BCUT2D eigenvalue weighted by molar-refractivity contribution is -0.144. The number of hydrogen-bond acceptors (Lipinski definition) is 4. The summed E-state index contributed by atoms with van der Waals surface area (Å²) in [6, 6.07) is 7.32. The molecule has 0 amide bonds. The second kappa shape index (κ2) is 7.56. The highest BCUT2D eigenvalue weighted by Gasteiger charge is 2.11. The van der Waals surface area contributed by atoms with Gasteiger partial charge in [0.25, 0.3) is 0 Å². The van der Waals surface area contributed by atoms with Crippen molar-refractivity contribution in [3.8, 4) is 5.75 Å². The SMILES string of the molecule is CCOC(=O)CC(C)Oc1ccc(CC(C)=O)cc1. The topological polar surface area (TPSA) is 52.6 Å². The minimum Gasteiger partial charge on any atom is -0.490 e. The summed E-state index contributed by atoms with van der Waals surface area (Å²) in [5.41, 5.74) is 0.956. The van der Waals surface area contributed by atoms with Crippen LogP contribution in [0.3, 0.4) is 0 Å². The van der Waals surface area contributed by atoms with Crippen molar-refractivity contribution in [1.29, 1.82) is 0 Å². The largest absolute Gasteiger partial charge is 0.490 e. The molecule has 0 N–H and O–H groups in total. The van der Waals surface area contributed by atoms with Crippen molar-refractivity contribution in [2.45, 2.75) is 39.7 Å². The summed E-state index contributed by atoms with van der Waals surface area (Å²) in [5, 5.41) is 0. The molecule has 1 unspecified atom stereocenters. The zero-order valence-electron chi connectivity index (χ0n) is 11.6. The van der Waals surface area contributed by atoms with Gasteiger partial charge in [0, 0.05) is 6.42 Å². The van der Waals surface area contributed by atoms with Crippen LogP contribution in [0.25, 0.3) is 0 Å². The predicted octanol–water partition coefficient (Wildman–Crippen LogP) is 2.54. The fourth-order valence-electron chi connectivity index (χ4n) is 1.70. The van der Waals surface area contributed by atoms with Crippen molar-refractivity contribution in [1.82, 2.24) is 0 Å². The molecule has 1 aromatic rings. The molecule has 0 aliphatic rings. The van der Waals surface area contributed by atoms with Crippen LogP contribution in [0.1, 0.15) is 32.8 Å². The smallest absolute Gasteiger partial charge is 0.309 e. The van der Waals surface area contributed by atoms with Gasteiger partial charge in [-0.3, -0.25) is 9.59 Å². The van der Waals surface area contributed by atoms with Crippen molar-refractivity contribution in [2.75, 3.05) is 6.61 Å². The molecule has 0 saturated carbocycles. The lowest BCUT2D eigenvalue weighted by Crippen LogP contribution is -2.18. The second-order valence-corrected chi connectivity index (χ2v) is 4.46. The molecule has 0 spiro atoms. The first-order chi connectivity index (χ1) is 9.01. The highest BCUT2D eigenvalue weighted by molar-refractivity contribution is 5.78. The van der Waals surface area contributed by atoms with Gasteiger partial charge in [-0.1, -0.05) is 12.1 Å². The molecule has 0 heterocycles. The lowest BCUT2D eigenvalue weighted by atomic mass is 10.1. The van der Waals surface area contributed by atoms with Gasteiger partial charge >= 0.3 is 5.97 Å². The lowest BCUT2D eigenvalue weighted by Gasteiger charge is -2.14. The van der Waals surface area contributed by atoms with E-state index in [-0.39, 0.29) is 24.3 Å². The zero-order chi connectivity index (χ0) is 14.3. The Kier molecular flexibility index (Phi) is 6.06. The Bertz CT molecular complexity index is 422. The minimum atomic E-state index is -0.261. The first kappa shape index (κ1) is 15.2. The van der Waals surface area contributed by atoms with Crippen LogP contribution < -0.4 is 4.74 Å². The summed E-state index contributed by atoms with van der Waals surface area (Å²) < 4.78 is 10.5. The number of carbonyl (C=O) groups is 2. The molecule has 0 aromatic heterocycles. The molecule has 0 saturated heterocycles. The number of esters is 1. The van der Waals surface area contributed by atoms with E-state index < -0.39 is 0 Å². The van der Waals surface area contributed by atoms with Gasteiger partial charge in [0.05, 0.1) is 13.0 Å². The third-order valence-corrected chi connectivity index (χ3v) is 2.47. The van der Waals surface area contributed by atoms with E-state index in [2.05, 4.69) is 0 Å². The van der Waals surface area contributed by atoms with E-state index in [0.29, 0.717) is 18.8 Å². The third-order valence-electron chi connectivity index (χ3n) is 2.47. The van der Waals surface area contributed by atoms with E-state index in [1.165, 1.54) is 0 Å². The van der Waals surface area contributed by atoms with Gasteiger partial charge in [0.15, 0.2) is 0 Å². The Morgan fingerprint density at radius 1 is 1.21 bits per heavy atom. The maximum atomic E-state index is 11.3. The summed E-state index contributed by atoms with van der Waals surface area (Å²) in [5.74, 6) is 0.552. The normalized spacial score (nSPS) is 11.7. The number of ether oxygens (including phenoxy) is 2. The van der Waals surface area contributed by atoms with Crippen LogP contribution in [-0.4, -0.2) is 24.5 Å². The molecule has 0 fully saturated rings. The molecular formula is C15H20O4. The molecule has 0 aliphatic carbocycles. The summed E-state index contributed by atoms with van der Waals surface area (Å²) in [6.07, 6.45) is 0.416. The summed E-state index contributed by atoms with van der Waals surface area (Å²) in [6.45, 7) is 5.54. The quantitative estimate of drug-likeness (QED) is 0.710. The Morgan fingerprint density at radius 2 is 1.84 bits per heavy atom. The molecule has 19 heavy (non-hydrogen) atoms. The van der Waals surface area contributed by atoms with Crippen molar-refractivity contribution in [3.63, 3.8) is 0 Å². The van der Waals surface area contributed by atoms with Crippen molar-refractivity contribution in [3.05, 3.63) is 29.8 Å². The molecule has 0 aliphatic heterocycles. The van der Waals surface area contributed by atoms with E-state index in [1.54, 1.807) is 26.0 Å². The van der Waals surface area contributed by atoms with Gasteiger partial charge in [-0.15, -0.1) is 0 Å². The Morgan fingerprint density at radius 3 is 2.37 bits per heavy atom. The highest BCUT2D eigenvalue weighted by Crippen LogP contribution is 2.15. The number of carbonyl (C=O) groups excluding carboxylic acids is 2. The third kappa shape index (κ3) is 6.04. The molecular weight excluding hydrogens is 244 g/mol. The number of hydrogen-bond donors (Lipinski definition) is 0. The summed E-state index contributed by atoms with van der Waals surface area (Å²) in [7, 11) is 0. The molecule has 1 atom stereocenters. The van der Waals surface area contributed by atoms with Crippen molar-refractivity contribution in [2.24, 2.45) is 0 Å². The Hall–Kier alpha value is -1.84. The number of rotatable bonds is 7. The second-order valence-electron chi connectivity index (χ2n) is 4.46. The predicted molar refractivity (Wildman–Crippen MR) is 72.2 cm³/mol. The molecule has 4 nitrogen and oxygen atoms in total. The molecule has 0 bridgehead atoms. The monoisotopic (exact) mass is 264 g/mol.